The second-order valence-corrected chi connectivity index (χ2v) is 10.6. The van der Waals surface area contributed by atoms with Gasteiger partial charge in [-0.1, -0.05) is 6.07 Å². The van der Waals surface area contributed by atoms with Crippen LogP contribution in [0.25, 0.3) is 0 Å². The van der Waals surface area contributed by atoms with E-state index in [1.807, 2.05) is 60.6 Å². The Hall–Kier alpha value is -1.60. The molecule has 166 valence electrons. The van der Waals surface area contributed by atoms with Crippen molar-refractivity contribution < 1.29 is 23.6 Å². The van der Waals surface area contributed by atoms with Crippen LogP contribution in [0.15, 0.2) is 18.3 Å². The number of ether oxygens (including phenoxy) is 2. The van der Waals surface area contributed by atoms with Gasteiger partial charge in [-0.15, -0.1) is 0 Å². The van der Waals surface area contributed by atoms with Crippen LogP contribution in [-0.4, -0.2) is 41.0 Å². The van der Waals surface area contributed by atoms with Crippen molar-refractivity contribution in [3.63, 3.8) is 0 Å². The third kappa shape index (κ3) is 5.76. The van der Waals surface area contributed by atoms with Gasteiger partial charge in [0, 0.05) is 18.1 Å². The number of nitrogens with zero attached hydrogens (tertiary/aromatic N) is 1. The summed E-state index contributed by atoms with van der Waals surface area (Å²) in [5, 5.41) is 0. The first-order valence-corrected chi connectivity index (χ1v) is 11.0. The van der Waals surface area contributed by atoms with Crippen LogP contribution in [0.2, 0.25) is 0 Å². The molecule has 1 aromatic heterocycles. The monoisotopic (exact) mass is 417 g/mol. The van der Waals surface area contributed by atoms with Gasteiger partial charge in [0.25, 0.3) is 0 Å². The molecule has 2 aliphatic rings. The van der Waals surface area contributed by atoms with Gasteiger partial charge in [-0.25, -0.2) is 4.98 Å². The second kappa shape index (κ2) is 8.50. The molecular weight excluding hydrogens is 381 g/mol. The zero-order valence-corrected chi connectivity index (χ0v) is 19.5. The molecular formula is C23H36BNO5. The Morgan fingerprint density at radius 3 is 2.20 bits per heavy atom. The maximum atomic E-state index is 12.0. The standard InChI is InChI=1S/C23H36BNO5/c1-21(2,3)28-20(26)14-16-8-11-18(12-9-16)27-19-13-10-17(15-25-19)24-29-22(4,5)23(6,7)30-24/h10,13,15-16,18H,8-9,11-12,14H2,1-7H3. The summed E-state index contributed by atoms with van der Waals surface area (Å²) in [6.07, 6.45) is 6.18. The Kier molecular flexibility index (Phi) is 6.54. The number of rotatable bonds is 5. The van der Waals surface area contributed by atoms with Crippen molar-refractivity contribution in [2.24, 2.45) is 5.92 Å². The fraction of sp³-hybridized carbons (Fsp3) is 0.739. The van der Waals surface area contributed by atoms with Gasteiger partial charge < -0.3 is 18.8 Å². The molecule has 3 rings (SSSR count). The largest absolute Gasteiger partial charge is 0.496 e. The van der Waals surface area contributed by atoms with Crippen LogP contribution in [0.5, 0.6) is 5.88 Å². The third-order valence-corrected chi connectivity index (χ3v) is 6.24. The van der Waals surface area contributed by atoms with E-state index in [0.717, 1.165) is 31.1 Å². The molecule has 2 heterocycles. The lowest BCUT2D eigenvalue weighted by atomic mass is 9.80. The number of aromatic nitrogens is 1. The van der Waals surface area contributed by atoms with Crippen molar-refractivity contribution in [2.75, 3.05) is 0 Å². The van der Waals surface area contributed by atoms with E-state index in [1.54, 1.807) is 6.20 Å². The molecule has 1 aromatic rings. The third-order valence-electron chi connectivity index (χ3n) is 6.24. The predicted octanol–water partition coefficient (Wildman–Crippen LogP) is 4.05. The SMILES string of the molecule is CC(C)(C)OC(=O)CC1CCC(Oc2ccc(B3OC(C)(C)C(C)(C)O3)cn2)CC1. The van der Waals surface area contributed by atoms with Crippen molar-refractivity contribution in [3.05, 3.63) is 18.3 Å². The van der Waals surface area contributed by atoms with E-state index in [0.29, 0.717) is 18.2 Å². The zero-order chi connectivity index (χ0) is 22.2. The Balaban J connectivity index is 1.47. The van der Waals surface area contributed by atoms with Crippen LogP contribution in [0.4, 0.5) is 0 Å². The first-order valence-electron chi connectivity index (χ1n) is 11.0. The number of hydrogen-bond acceptors (Lipinski definition) is 6. The Bertz CT molecular complexity index is 717. The average molecular weight is 417 g/mol. The predicted molar refractivity (Wildman–Crippen MR) is 117 cm³/mol. The van der Waals surface area contributed by atoms with Crippen LogP contribution in [0.1, 0.15) is 80.6 Å². The van der Waals surface area contributed by atoms with Crippen LogP contribution in [0, 0.1) is 5.92 Å². The molecule has 0 aromatic carbocycles. The summed E-state index contributed by atoms with van der Waals surface area (Å²) in [6.45, 7) is 13.9. The highest BCUT2D eigenvalue weighted by Gasteiger charge is 2.51. The molecule has 1 aliphatic heterocycles. The lowest BCUT2D eigenvalue weighted by Gasteiger charge is -2.32. The minimum atomic E-state index is -0.421. The van der Waals surface area contributed by atoms with Gasteiger partial charge in [0.1, 0.15) is 11.7 Å². The molecule has 7 heteroatoms. The van der Waals surface area contributed by atoms with Crippen molar-refractivity contribution in [3.8, 4) is 5.88 Å². The molecule has 2 fully saturated rings. The van der Waals surface area contributed by atoms with Gasteiger partial charge in [-0.05, 0) is 86.1 Å². The molecule has 0 unspecified atom stereocenters. The van der Waals surface area contributed by atoms with Crippen LogP contribution in [-0.2, 0) is 18.8 Å². The summed E-state index contributed by atoms with van der Waals surface area (Å²) in [4.78, 5) is 16.5. The number of carbonyl (C=O) groups is 1. The molecule has 0 bridgehead atoms. The molecule has 30 heavy (non-hydrogen) atoms. The zero-order valence-electron chi connectivity index (χ0n) is 19.5. The lowest BCUT2D eigenvalue weighted by molar-refractivity contribution is -0.156. The van der Waals surface area contributed by atoms with Gasteiger partial charge in [-0.2, -0.15) is 0 Å². The first kappa shape index (κ1) is 23.1. The van der Waals surface area contributed by atoms with E-state index >= 15 is 0 Å². The fourth-order valence-corrected chi connectivity index (χ4v) is 3.82. The molecule has 6 nitrogen and oxygen atoms in total. The van der Waals surface area contributed by atoms with Gasteiger partial charge in [-0.3, -0.25) is 4.79 Å². The van der Waals surface area contributed by atoms with E-state index in [-0.39, 0.29) is 23.3 Å². The van der Waals surface area contributed by atoms with Gasteiger partial charge in [0.05, 0.1) is 11.2 Å². The second-order valence-electron chi connectivity index (χ2n) is 10.6. The highest BCUT2D eigenvalue weighted by molar-refractivity contribution is 6.62. The van der Waals surface area contributed by atoms with E-state index in [4.69, 9.17) is 18.8 Å². The summed E-state index contributed by atoms with van der Waals surface area (Å²) < 4.78 is 23.7. The maximum absolute atomic E-state index is 12.0. The smallest absolute Gasteiger partial charge is 0.474 e. The van der Waals surface area contributed by atoms with E-state index < -0.39 is 12.7 Å². The highest BCUT2D eigenvalue weighted by Crippen LogP contribution is 2.36. The molecule has 1 aliphatic carbocycles. The fourth-order valence-electron chi connectivity index (χ4n) is 3.82. The number of esters is 1. The van der Waals surface area contributed by atoms with Crippen molar-refractivity contribution >= 4 is 18.6 Å². The van der Waals surface area contributed by atoms with E-state index in [2.05, 4.69) is 4.98 Å². The summed E-state index contributed by atoms with van der Waals surface area (Å²) in [7, 11) is -0.417. The summed E-state index contributed by atoms with van der Waals surface area (Å²) in [5.41, 5.74) is -0.271. The van der Waals surface area contributed by atoms with Gasteiger partial charge >= 0.3 is 13.1 Å². The van der Waals surface area contributed by atoms with Crippen molar-refractivity contribution in [1.29, 1.82) is 0 Å². The highest BCUT2D eigenvalue weighted by atomic mass is 16.7. The van der Waals surface area contributed by atoms with Gasteiger partial charge in [0.2, 0.25) is 5.88 Å². The molecule has 1 saturated carbocycles. The summed E-state index contributed by atoms with van der Waals surface area (Å²) in [6, 6.07) is 3.84. The topological polar surface area (TPSA) is 66.9 Å². The first-order chi connectivity index (χ1) is 13.8. The van der Waals surface area contributed by atoms with Crippen LogP contribution >= 0.6 is 0 Å². The Morgan fingerprint density at radius 2 is 1.70 bits per heavy atom. The Labute approximate surface area is 181 Å². The molecule has 1 saturated heterocycles. The maximum Gasteiger partial charge on any atom is 0.496 e. The minimum absolute atomic E-state index is 0.105. The molecule has 0 atom stereocenters. The van der Waals surface area contributed by atoms with Crippen LogP contribution < -0.4 is 10.2 Å². The van der Waals surface area contributed by atoms with E-state index in [1.165, 1.54) is 0 Å². The molecule has 0 spiro atoms. The van der Waals surface area contributed by atoms with Crippen LogP contribution in [0.3, 0.4) is 0 Å². The summed E-state index contributed by atoms with van der Waals surface area (Å²) in [5.74, 6) is 0.885. The Morgan fingerprint density at radius 1 is 1.10 bits per heavy atom. The van der Waals surface area contributed by atoms with Gasteiger partial charge in [0.15, 0.2) is 0 Å². The minimum Gasteiger partial charge on any atom is -0.474 e. The van der Waals surface area contributed by atoms with E-state index in [9.17, 15) is 4.79 Å². The quantitative estimate of drug-likeness (QED) is 0.532. The number of carbonyl (C=O) groups excluding carboxylic acids is 1. The number of hydrogen-bond donors (Lipinski definition) is 0. The average Bonchev–Trinajstić information content (AvgIpc) is 2.83. The van der Waals surface area contributed by atoms with Crippen molar-refractivity contribution in [2.45, 2.75) is 103 Å². The molecule has 0 radical (unpaired) electrons. The molecule has 0 N–H and O–H groups in total. The summed E-state index contributed by atoms with van der Waals surface area (Å²) >= 11 is 0. The normalized spacial score (nSPS) is 25.8. The molecule has 0 amide bonds. The number of pyridine rings is 1. The lowest BCUT2D eigenvalue weighted by Crippen LogP contribution is -2.41. The van der Waals surface area contributed by atoms with Crippen molar-refractivity contribution in [1.82, 2.24) is 4.98 Å².